The Labute approximate surface area is 238 Å². The molecule has 9 heteroatoms. The van der Waals surface area contributed by atoms with Gasteiger partial charge in [0.1, 0.15) is 11.8 Å². The molecule has 8 nitrogen and oxygen atoms in total. The summed E-state index contributed by atoms with van der Waals surface area (Å²) < 4.78 is 33.0. The number of carbonyl (C=O) groups is 2. The quantitative estimate of drug-likeness (QED) is 0.336. The maximum absolute atomic E-state index is 13.9. The van der Waals surface area contributed by atoms with Crippen molar-refractivity contribution in [3.63, 3.8) is 0 Å². The molecule has 0 aliphatic heterocycles. The van der Waals surface area contributed by atoms with Crippen LogP contribution in [-0.2, 0) is 32.6 Å². The Hall–Kier alpha value is -3.69. The standard InChI is InChI=1S/C31H39N3O5S/c1-6-24(3)32-31(36)29(20-25-11-8-7-9-12-25)34(21-26-13-10-14-27(19-26)39-5)30(35)22-33(4)40(37,38)28-17-15-23(2)16-18-28/h7-19,24,29H,6,20-22H2,1-5H3,(H,32,36)/t24-,29-/m0/s1. The lowest BCUT2D eigenvalue weighted by Gasteiger charge is -2.33. The van der Waals surface area contributed by atoms with E-state index in [2.05, 4.69) is 5.32 Å². The Morgan fingerprint density at radius 3 is 2.23 bits per heavy atom. The molecule has 0 aromatic heterocycles. The van der Waals surface area contributed by atoms with E-state index in [1.807, 2.05) is 63.2 Å². The molecule has 40 heavy (non-hydrogen) atoms. The van der Waals surface area contributed by atoms with Crippen molar-refractivity contribution in [3.05, 3.63) is 95.6 Å². The van der Waals surface area contributed by atoms with Crippen molar-refractivity contribution in [2.24, 2.45) is 0 Å². The molecule has 214 valence electrons. The molecule has 2 amide bonds. The summed E-state index contributed by atoms with van der Waals surface area (Å²) in [4.78, 5) is 29.2. The fourth-order valence-corrected chi connectivity index (χ4v) is 5.34. The minimum absolute atomic E-state index is 0.0934. The Morgan fingerprint density at radius 2 is 1.60 bits per heavy atom. The number of carbonyl (C=O) groups excluding carboxylic acids is 2. The summed E-state index contributed by atoms with van der Waals surface area (Å²) in [5.74, 6) is -0.160. The molecule has 0 fully saturated rings. The molecule has 0 heterocycles. The van der Waals surface area contributed by atoms with Crippen LogP contribution in [0.15, 0.2) is 83.8 Å². The second-order valence-electron chi connectivity index (χ2n) is 9.97. The maximum atomic E-state index is 13.9. The average molecular weight is 566 g/mol. The van der Waals surface area contributed by atoms with Crippen molar-refractivity contribution in [3.8, 4) is 5.75 Å². The Balaban J connectivity index is 1.99. The third-order valence-electron chi connectivity index (χ3n) is 6.85. The molecular weight excluding hydrogens is 526 g/mol. The lowest BCUT2D eigenvalue weighted by molar-refractivity contribution is -0.141. The summed E-state index contributed by atoms with van der Waals surface area (Å²) in [5, 5.41) is 3.02. The highest BCUT2D eigenvalue weighted by molar-refractivity contribution is 7.89. The number of ether oxygens (including phenoxy) is 1. The van der Waals surface area contributed by atoms with Crippen LogP contribution in [0.5, 0.6) is 5.75 Å². The van der Waals surface area contributed by atoms with E-state index in [0.29, 0.717) is 5.75 Å². The van der Waals surface area contributed by atoms with Gasteiger partial charge >= 0.3 is 0 Å². The second kappa shape index (κ2) is 14.1. The van der Waals surface area contributed by atoms with Crippen molar-refractivity contribution in [2.45, 2.75) is 57.1 Å². The van der Waals surface area contributed by atoms with Crippen LogP contribution in [0.1, 0.15) is 37.0 Å². The van der Waals surface area contributed by atoms with Gasteiger partial charge in [-0.25, -0.2) is 8.42 Å². The molecule has 3 aromatic carbocycles. The number of hydrogen-bond donors (Lipinski definition) is 1. The smallest absolute Gasteiger partial charge is 0.243 e. The number of aryl methyl sites for hydroxylation is 1. The van der Waals surface area contributed by atoms with Crippen molar-refractivity contribution in [1.29, 1.82) is 0 Å². The van der Waals surface area contributed by atoms with Gasteiger partial charge in [0.05, 0.1) is 18.6 Å². The van der Waals surface area contributed by atoms with Crippen LogP contribution in [0, 0.1) is 6.92 Å². The summed E-state index contributed by atoms with van der Waals surface area (Å²) in [5.41, 5.74) is 2.57. The minimum Gasteiger partial charge on any atom is -0.497 e. The van der Waals surface area contributed by atoms with Gasteiger partial charge in [-0.3, -0.25) is 9.59 Å². The van der Waals surface area contributed by atoms with E-state index in [1.54, 1.807) is 31.4 Å². The zero-order valence-corrected chi connectivity index (χ0v) is 24.6. The number of rotatable bonds is 13. The fraction of sp³-hybridized carbons (Fsp3) is 0.355. The molecule has 0 aliphatic carbocycles. The maximum Gasteiger partial charge on any atom is 0.243 e. The summed E-state index contributed by atoms with van der Waals surface area (Å²) in [6.07, 6.45) is 0.998. The molecule has 2 atom stereocenters. The Morgan fingerprint density at radius 1 is 0.950 bits per heavy atom. The summed E-state index contributed by atoms with van der Waals surface area (Å²) in [6.45, 7) is 5.42. The zero-order valence-electron chi connectivity index (χ0n) is 23.8. The predicted molar refractivity (Wildman–Crippen MR) is 156 cm³/mol. The van der Waals surface area contributed by atoms with E-state index in [1.165, 1.54) is 24.1 Å². The number of likely N-dealkylation sites (N-methyl/N-ethyl adjacent to an activating group) is 1. The summed E-state index contributed by atoms with van der Waals surface area (Å²) >= 11 is 0. The van der Waals surface area contributed by atoms with Crippen LogP contribution in [0.3, 0.4) is 0 Å². The molecule has 0 radical (unpaired) electrons. The minimum atomic E-state index is -3.93. The number of nitrogens with one attached hydrogen (secondary N) is 1. The lowest BCUT2D eigenvalue weighted by atomic mass is 10.0. The average Bonchev–Trinajstić information content (AvgIpc) is 2.95. The van der Waals surface area contributed by atoms with E-state index in [0.717, 1.165) is 27.4 Å². The molecule has 0 bridgehead atoms. The fourth-order valence-electron chi connectivity index (χ4n) is 4.22. The second-order valence-corrected chi connectivity index (χ2v) is 12.0. The van der Waals surface area contributed by atoms with Gasteiger partial charge in [0, 0.05) is 26.1 Å². The number of sulfonamides is 1. The molecule has 1 N–H and O–H groups in total. The van der Waals surface area contributed by atoms with Crippen molar-refractivity contribution >= 4 is 21.8 Å². The van der Waals surface area contributed by atoms with Gasteiger partial charge in [-0.2, -0.15) is 4.31 Å². The van der Waals surface area contributed by atoms with E-state index < -0.39 is 28.5 Å². The van der Waals surface area contributed by atoms with Crippen LogP contribution in [0.25, 0.3) is 0 Å². The van der Waals surface area contributed by atoms with Crippen molar-refractivity contribution in [1.82, 2.24) is 14.5 Å². The number of nitrogens with zero attached hydrogens (tertiary/aromatic N) is 2. The van der Waals surface area contributed by atoms with E-state index in [-0.39, 0.29) is 29.8 Å². The number of methoxy groups -OCH3 is 1. The molecule has 0 spiro atoms. The van der Waals surface area contributed by atoms with Crippen LogP contribution < -0.4 is 10.1 Å². The van der Waals surface area contributed by atoms with E-state index in [9.17, 15) is 18.0 Å². The van der Waals surface area contributed by atoms with Crippen LogP contribution >= 0.6 is 0 Å². The highest BCUT2D eigenvalue weighted by Gasteiger charge is 2.33. The molecule has 0 saturated heterocycles. The number of amides is 2. The molecule has 0 saturated carbocycles. The van der Waals surface area contributed by atoms with E-state index in [4.69, 9.17) is 4.74 Å². The first-order valence-corrected chi connectivity index (χ1v) is 14.8. The van der Waals surface area contributed by atoms with Crippen molar-refractivity contribution in [2.75, 3.05) is 20.7 Å². The normalized spacial score (nSPS) is 12.9. The lowest BCUT2D eigenvalue weighted by Crippen LogP contribution is -2.54. The van der Waals surface area contributed by atoms with Crippen molar-refractivity contribution < 1.29 is 22.7 Å². The van der Waals surface area contributed by atoms with Gasteiger partial charge in [-0.15, -0.1) is 0 Å². The predicted octanol–water partition coefficient (Wildman–Crippen LogP) is 4.18. The van der Waals surface area contributed by atoms with Gasteiger partial charge < -0.3 is 15.0 Å². The van der Waals surface area contributed by atoms with Gasteiger partial charge in [0.2, 0.25) is 21.8 Å². The van der Waals surface area contributed by atoms with Crippen LogP contribution in [0.2, 0.25) is 0 Å². The first kappa shape index (κ1) is 30.8. The van der Waals surface area contributed by atoms with E-state index >= 15 is 0 Å². The Bertz CT molecular complexity index is 1380. The zero-order chi connectivity index (χ0) is 29.3. The topological polar surface area (TPSA) is 96.0 Å². The number of benzene rings is 3. The highest BCUT2D eigenvalue weighted by Crippen LogP contribution is 2.20. The van der Waals surface area contributed by atoms with Gasteiger partial charge in [0.25, 0.3) is 0 Å². The highest BCUT2D eigenvalue weighted by atomic mass is 32.2. The Kier molecular flexibility index (Phi) is 10.9. The largest absolute Gasteiger partial charge is 0.497 e. The van der Waals surface area contributed by atoms with Gasteiger partial charge in [-0.1, -0.05) is 67.1 Å². The molecular formula is C31H39N3O5S. The van der Waals surface area contributed by atoms with Gasteiger partial charge in [0.15, 0.2) is 0 Å². The summed E-state index contributed by atoms with van der Waals surface area (Å²) in [6, 6.07) is 22.3. The number of hydrogen-bond acceptors (Lipinski definition) is 5. The molecule has 0 aliphatic rings. The summed E-state index contributed by atoms with van der Waals surface area (Å²) in [7, 11) is -0.993. The molecule has 3 rings (SSSR count). The monoisotopic (exact) mass is 565 g/mol. The van der Waals surface area contributed by atoms with Gasteiger partial charge in [-0.05, 0) is 55.7 Å². The SMILES string of the molecule is CC[C@H](C)NC(=O)[C@H](Cc1ccccc1)N(Cc1cccc(OC)c1)C(=O)CN(C)S(=O)(=O)c1ccc(C)cc1. The molecule has 0 unspecified atom stereocenters. The van der Waals surface area contributed by atoms with Crippen LogP contribution in [0.4, 0.5) is 0 Å². The first-order valence-electron chi connectivity index (χ1n) is 13.3. The van der Waals surface area contributed by atoms with Crippen LogP contribution in [-0.4, -0.2) is 62.2 Å². The molecule has 3 aromatic rings. The third kappa shape index (κ3) is 8.16. The third-order valence-corrected chi connectivity index (χ3v) is 8.66. The first-order chi connectivity index (χ1) is 19.0.